The smallest absolute Gasteiger partial charge is 0.287 e. The Morgan fingerprint density at radius 2 is 2.00 bits per heavy atom. The molecule has 3 aromatic rings. The summed E-state index contributed by atoms with van der Waals surface area (Å²) < 4.78 is 11.8. The zero-order valence-corrected chi connectivity index (χ0v) is 17.5. The molecule has 1 amide bonds. The molecule has 2 aromatic carbocycles. The quantitative estimate of drug-likeness (QED) is 0.583. The summed E-state index contributed by atoms with van der Waals surface area (Å²) in [5, 5.41) is 7.80. The number of benzene rings is 2. The van der Waals surface area contributed by atoms with Gasteiger partial charge in [0.1, 0.15) is 17.9 Å². The van der Waals surface area contributed by atoms with Crippen LogP contribution in [0.5, 0.6) is 5.75 Å². The molecule has 5 nitrogen and oxygen atoms in total. The average Bonchev–Trinajstić information content (AvgIpc) is 3.11. The van der Waals surface area contributed by atoms with E-state index in [0.29, 0.717) is 34.6 Å². The lowest BCUT2D eigenvalue weighted by Crippen LogP contribution is -2.38. The summed E-state index contributed by atoms with van der Waals surface area (Å²) in [7, 11) is 0. The highest BCUT2D eigenvalue weighted by molar-refractivity contribution is 6.32. The van der Waals surface area contributed by atoms with Crippen molar-refractivity contribution in [2.24, 2.45) is 5.92 Å². The number of hydrogen-bond acceptors (Lipinski definition) is 4. The number of para-hydroxylation sites is 2. The molecule has 1 fully saturated rings. The maximum absolute atomic E-state index is 12.8. The number of nitrogens with one attached hydrogen (secondary N) is 2. The van der Waals surface area contributed by atoms with Gasteiger partial charge in [-0.25, -0.2) is 0 Å². The molecule has 0 saturated carbocycles. The van der Waals surface area contributed by atoms with E-state index in [1.165, 1.54) is 0 Å². The lowest BCUT2D eigenvalue weighted by atomic mass is 10.00. The summed E-state index contributed by atoms with van der Waals surface area (Å²) in [5.74, 6) is 1.12. The molecule has 1 atom stereocenters. The monoisotopic (exact) mass is 434 g/mol. The fraction of sp³-hybridized carbons (Fsp3) is 0.318. The predicted octanol–water partition coefficient (Wildman–Crippen LogP) is 4.82. The number of ether oxygens (including phenoxy) is 1. The fourth-order valence-corrected chi connectivity index (χ4v) is 3.74. The number of piperidine rings is 1. The van der Waals surface area contributed by atoms with Gasteiger partial charge in [0.2, 0.25) is 0 Å². The summed E-state index contributed by atoms with van der Waals surface area (Å²) in [6, 6.07) is 14.9. The van der Waals surface area contributed by atoms with Crippen molar-refractivity contribution >= 4 is 40.9 Å². The Hall–Kier alpha value is -2.21. The predicted molar refractivity (Wildman–Crippen MR) is 117 cm³/mol. The average molecular weight is 435 g/mol. The normalized spacial score (nSPS) is 16.2. The third-order valence-electron chi connectivity index (χ3n) is 5.06. The second kappa shape index (κ2) is 10.0. The van der Waals surface area contributed by atoms with Crippen molar-refractivity contribution in [3.8, 4) is 5.75 Å². The molecular formula is C22H24Cl2N2O3. The van der Waals surface area contributed by atoms with Gasteiger partial charge in [-0.1, -0.05) is 41.9 Å². The number of amides is 1. The van der Waals surface area contributed by atoms with Crippen LogP contribution in [0.2, 0.25) is 5.02 Å². The Kier molecular flexibility index (Phi) is 7.42. The highest BCUT2D eigenvalue weighted by Gasteiger charge is 2.22. The van der Waals surface area contributed by atoms with E-state index >= 15 is 0 Å². The number of rotatable bonds is 6. The van der Waals surface area contributed by atoms with Gasteiger partial charge in [0.05, 0.1) is 5.02 Å². The minimum absolute atomic E-state index is 0. The fourth-order valence-electron chi connectivity index (χ4n) is 3.55. The summed E-state index contributed by atoms with van der Waals surface area (Å²) in [5.41, 5.74) is 1.40. The summed E-state index contributed by atoms with van der Waals surface area (Å²) in [4.78, 5) is 12.8. The van der Waals surface area contributed by atoms with E-state index in [0.717, 1.165) is 36.9 Å². The Morgan fingerprint density at radius 3 is 2.79 bits per heavy atom. The molecule has 1 saturated heterocycles. The van der Waals surface area contributed by atoms with Crippen molar-refractivity contribution in [2.75, 3.05) is 19.6 Å². The SMILES string of the molecule is Cl.O=C(NCC1CCCNC1)c1oc2ccccc2c1COc1ccccc1Cl. The lowest BCUT2D eigenvalue weighted by molar-refractivity contribution is 0.0915. The van der Waals surface area contributed by atoms with Crippen LogP contribution in [0.15, 0.2) is 52.9 Å². The maximum Gasteiger partial charge on any atom is 0.287 e. The molecule has 4 rings (SSSR count). The van der Waals surface area contributed by atoms with Crippen molar-refractivity contribution in [1.29, 1.82) is 0 Å². The first-order chi connectivity index (χ1) is 13.7. The molecule has 154 valence electrons. The molecule has 2 N–H and O–H groups in total. The Balaban J connectivity index is 0.00000240. The second-order valence-electron chi connectivity index (χ2n) is 7.05. The number of hydrogen-bond donors (Lipinski definition) is 2. The van der Waals surface area contributed by atoms with Crippen LogP contribution in [0.3, 0.4) is 0 Å². The van der Waals surface area contributed by atoms with Crippen LogP contribution in [0, 0.1) is 5.92 Å². The number of furan rings is 1. The molecule has 0 bridgehead atoms. The first-order valence-corrected chi connectivity index (χ1v) is 9.97. The molecule has 1 aromatic heterocycles. The standard InChI is InChI=1S/C22H23ClN2O3.ClH/c23-18-8-2-4-10-20(18)27-14-17-16-7-1-3-9-19(16)28-21(17)22(26)25-13-15-6-5-11-24-12-15;/h1-4,7-10,15,24H,5-6,11-14H2,(H,25,26);1H. The first kappa shape index (κ1) is 21.5. The molecular weight excluding hydrogens is 411 g/mol. The molecule has 0 radical (unpaired) electrons. The van der Waals surface area contributed by atoms with E-state index in [-0.39, 0.29) is 24.9 Å². The van der Waals surface area contributed by atoms with Gasteiger partial charge in [-0.05, 0) is 50.0 Å². The van der Waals surface area contributed by atoms with Crippen molar-refractivity contribution in [3.05, 3.63) is 64.9 Å². The minimum atomic E-state index is -0.209. The van der Waals surface area contributed by atoms with Gasteiger partial charge in [0.15, 0.2) is 5.76 Å². The summed E-state index contributed by atoms with van der Waals surface area (Å²) in [6.45, 7) is 2.82. The van der Waals surface area contributed by atoms with Gasteiger partial charge in [-0.3, -0.25) is 4.79 Å². The number of halogens is 2. The van der Waals surface area contributed by atoms with Crippen molar-refractivity contribution in [1.82, 2.24) is 10.6 Å². The van der Waals surface area contributed by atoms with Crippen molar-refractivity contribution in [2.45, 2.75) is 19.4 Å². The Labute approximate surface area is 181 Å². The van der Waals surface area contributed by atoms with E-state index in [1.54, 1.807) is 12.1 Å². The zero-order valence-electron chi connectivity index (χ0n) is 15.9. The van der Waals surface area contributed by atoms with Crippen LogP contribution in [0.4, 0.5) is 0 Å². The van der Waals surface area contributed by atoms with Gasteiger partial charge < -0.3 is 19.8 Å². The minimum Gasteiger partial charge on any atom is -0.487 e. The van der Waals surface area contributed by atoms with E-state index in [4.69, 9.17) is 20.8 Å². The maximum atomic E-state index is 12.8. The lowest BCUT2D eigenvalue weighted by Gasteiger charge is -2.22. The molecule has 0 aliphatic carbocycles. The zero-order chi connectivity index (χ0) is 19.3. The largest absolute Gasteiger partial charge is 0.487 e. The van der Waals surface area contributed by atoms with E-state index < -0.39 is 0 Å². The van der Waals surface area contributed by atoms with Crippen LogP contribution >= 0.6 is 24.0 Å². The molecule has 1 aliphatic heterocycles. The molecule has 2 heterocycles. The van der Waals surface area contributed by atoms with Gasteiger partial charge in [0.25, 0.3) is 5.91 Å². The third-order valence-corrected chi connectivity index (χ3v) is 5.38. The van der Waals surface area contributed by atoms with E-state index in [9.17, 15) is 4.79 Å². The van der Waals surface area contributed by atoms with Gasteiger partial charge in [0, 0.05) is 17.5 Å². The Morgan fingerprint density at radius 1 is 1.21 bits per heavy atom. The molecule has 29 heavy (non-hydrogen) atoms. The summed E-state index contributed by atoms with van der Waals surface area (Å²) >= 11 is 6.19. The van der Waals surface area contributed by atoms with Crippen molar-refractivity contribution < 1.29 is 13.9 Å². The van der Waals surface area contributed by atoms with Crippen LogP contribution < -0.4 is 15.4 Å². The van der Waals surface area contributed by atoms with E-state index in [1.807, 2.05) is 36.4 Å². The second-order valence-corrected chi connectivity index (χ2v) is 7.45. The van der Waals surface area contributed by atoms with Gasteiger partial charge in [-0.2, -0.15) is 0 Å². The van der Waals surface area contributed by atoms with Gasteiger partial charge in [-0.15, -0.1) is 12.4 Å². The molecule has 7 heteroatoms. The topological polar surface area (TPSA) is 63.5 Å². The number of fused-ring (bicyclic) bond motifs is 1. The molecule has 1 aliphatic rings. The molecule has 1 unspecified atom stereocenters. The van der Waals surface area contributed by atoms with Crippen molar-refractivity contribution in [3.63, 3.8) is 0 Å². The Bertz CT molecular complexity index is 968. The molecule has 0 spiro atoms. The third kappa shape index (κ3) is 5.04. The van der Waals surface area contributed by atoms with Crippen LogP contribution in [-0.4, -0.2) is 25.5 Å². The highest BCUT2D eigenvalue weighted by Crippen LogP contribution is 2.29. The number of carbonyl (C=O) groups is 1. The van der Waals surface area contributed by atoms with Crippen LogP contribution in [-0.2, 0) is 6.61 Å². The van der Waals surface area contributed by atoms with Gasteiger partial charge >= 0.3 is 0 Å². The number of carbonyl (C=O) groups excluding carboxylic acids is 1. The van der Waals surface area contributed by atoms with Crippen LogP contribution in [0.1, 0.15) is 29.0 Å². The first-order valence-electron chi connectivity index (χ1n) is 9.59. The highest BCUT2D eigenvalue weighted by atomic mass is 35.5. The van der Waals surface area contributed by atoms with Crippen LogP contribution in [0.25, 0.3) is 11.0 Å². The van der Waals surface area contributed by atoms with E-state index in [2.05, 4.69) is 10.6 Å². The summed E-state index contributed by atoms with van der Waals surface area (Å²) in [6.07, 6.45) is 2.26.